The van der Waals surface area contributed by atoms with Crippen LogP contribution in [-0.4, -0.2) is 24.6 Å². The van der Waals surface area contributed by atoms with Gasteiger partial charge in [-0.05, 0) is 43.5 Å². The fourth-order valence-electron chi connectivity index (χ4n) is 2.54. The smallest absolute Gasteiger partial charge is 0.139 e. The SMILES string of the molecule is CC1(CNc2nccc3occc23)CCNCC1. The van der Waals surface area contributed by atoms with E-state index in [9.17, 15) is 0 Å². The minimum absolute atomic E-state index is 0.360. The number of furan rings is 1. The van der Waals surface area contributed by atoms with Crippen molar-refractivity contribution < 1.29 is 4.42 Å². The van der Waals surface area contributed by atoms with Crippen molar-refractivity contribution in [3.05, 3.63) is 24.6 Å². The number of rotatable bonds is 3. The van der Waals surface area contributed by atoms with Crippen molar-refractivity contribution >= 4 is 16.8 Å². The monoisotopic (exact) mass is 245 g/mol. The van der Waals surface area contributed by atoms with Gasteiger partial charge in [0.15, 0.2) is 0 Å². The van der Waals surface area contributed by atoms with E-state index in [1.807, 2.05) is 12.1 Å². The Morgan fingerprint density at radius 1 is 1.39 bits per heavy atom. The lowest BCUT2D eigenvalue weighted by molar-refractivity contribution is 0.247. The van der Waals surface area contributed by atoms with Crippen LogP contribution in [0, 0.1) is 5.41 Å². The van der Waals surface area contributed by atoms with Crippen LogP contribution >= 0.6 is 0 Å². The summed E-state index contributed by atoms with van der Waals surface area (Å²) >= 11 is 0. The molecule has 3 heterocycles. The van der Waals surface area contributed by atoms with E-state index >= 15 is 0 Å². The number of anilines is 1. The number of piperidine rings is 1. The molecule has 2 aromatic heterocycles. The summed E-state index contributed by atoms with van der Waals surface area (Å²) in [5, 5.41) is 7.96. The molecule has 1 aliphatic rings. The standard InChI is InChI=1S/C14H19N3O/c1-14(4-7-15-8-5-14)10-17-13-11-3-9-18-12(11)2-6-16-13/h2-3,6,9,15H,4-5,7-8,10H2,1H3,(H,16,17). The van der Waals surface area contributed by atoms with Crippen molar-refractivity contribution in [3.8, 4) is 0 Å². The molecule has 4 heteroatoms. The van der Waals surface area contributed by atoms with Gasteiger partial charge in [0.25, 0.3) is 0 Å². The van der Waals surface area contributed by atoms with E-state index in [0.717, 1.165) is 36.4 Å². The molecular formula is C14H19N3O. The quantitative estimate of drug-likeness (QED) is 0.872. The average molecular weight is 245 g/mol. The molecule has 0 atom stereocenters. The summed E-state index contributed by atoms with van der Waals surface area (Å²) in [7, 11) is 0. The minimum Gasteiger partial charge on any atom is -0.464 e. The molecule has 0 unspecified atom stereocenters. The van der Waals surface area contributed by atoms with E-state index in [0.29, 0.717) is 5.41 Å². The molecule has 1 fully saturated rings. The van der Waals surface area contributed by atoms with E-state index in [-0.39, 0.29) is 0 Å². The molecule has 1 saturated heterocycles. The summed E-state index contributed by atoms with van der Waals surface area (Å²) in [5.74, 6) is 0.931. The van der Waals surface area contributed by atoms with Gasteiger partial charge < -0.3 is 15.1 Å². The van der Waals surface area contributed by atoms with Crippen molar-refractivity contribution in [2.45, 2.75) is 19.8 Å². The number of fused-ring (bicyclic) bond motifs is 1. The molecule has 3 rings (SSSR count). The van der Waals surface area contributed by atoms with Crippen molar-refractivity contribution in [3.63, 3.8) is 0 Å². The van der Waals surface area contributed by atoms with Crippen molar-refractivity contribution in [2.75, 3.05) is 25.0 Å². The predicted molar refractivity (Wildman–Crippen MR) is 72.7 cm³/mol. The van der Waals surface area contributed by atoms with Gasteiger partial charge in [-0.25, -0.2) is 4.98 Å². The molecule has 0 saturated carbocycles. The van der Waals surface area contributed by atoms with Crippen LogP contribution in [0.25, 0.3) is 11.0 Å². The third-order valence-corrected chi connectivity index (χ3v) is 3.87. The summed E-state index contributed by atoms with van der Waals surface area (Å²) in [6.45, 7) is 5.53. The Kier molecular flexibility index (Phi) is 2.96. The lowest BCUT2D eigenvalue weighted by Crippen LogP contribution is -2.39. The van der Waals surface area contributed by atoms with Gasteiger partial charge in [0, 0.05) is 12.7 Å². The predicted octanol–water partition coefficient (Wildman–Crippen LogP) is 2.63. The summed E-state index contributed by atoms with van der Waals surface area (Å²) in [5.41, 5.74) is 1.25. The topological polar surface area (TPSA) is 50.1 Å². The lowest BCUT2D eigenvalue weighted by atomic mass is 9.81. The van der Waals surface area contributed by atoms with Crippen LogP contribution < -0.4 is 10.6 Å². The Morgan fingerprint density at radius 2 is 2.22 bits per heavy atom. The van der Waals surface area contributed by atoms with Gasteiger partial charge in [-0.1, -0.05) is 6.92 Å². The number of hydrogen-bond acceptors (Lipinski definition) is 4. The number of aromatic nitrogens is 1. The largest absolute Gasteiger partial charge is 0.464 e. The second-order valence-corrected chi connectivity index (χ2v) is 5.41. The zero-order valence-electron chi connectivity index (χ0n) is 10.7. The van der Waals surface area contributed by atoms with Crippen LogP contribution in [0.15, 0.2) is 29.0 Å². The number of nitrogens with zero attached hydrogens (tertiary/aromatic N) is 1. The van der Waals surface area contributed by atoms with E-state index in [4.69, 9.17) is 4.42 Å². The van der Waals surface area contributed by atoms with E-state index in [1.165, 1.54) is 12.8 Å². The summed E-state index contributed by atoms with van der Waals surface area (Å²) in [6, 6.07) is 3.86. The van der Waals surface area contributed by atoms with Crippen molar-refractivity contribution in [1.29, 1.82) is 0 Å². The molecule has 96 valence electrons. The fourth-order valence-corrected chi connectivity index (χ4v) is 2.54. The molecule has 4 nitrogen and oxygen atoms in total. The maximum Gasteiger partial charge on any atom is 0.139 e. The third-order valence-electron chi connectivity index (χ3n) is 3.87. The van der Waals surface area contributed by atoms with Crippen molar-refractivity contribution in [2.24, 2.45) is 5.41 Å². The van der Waals surface area contributed by atoms with Crippen LogP contribution in [0.4, 0.5) is 5.82 Å². The Morgan fingerprint density at radius 3 is 3.06 bits per heavy atom. The highest BCUT2D eigenvalue weighted by molar-refractivity contribution is 5.87. The highest BCUT2D eigenvalue weighted by Gasteiger charge is 2.26. The number of pyridine rings is 1. The Balaban J connectivity index is 1.74. The number of hydrogen-bond donors (Lipinski definition) is 2. The van der Waals surface area contributed by atoms with Crippen LogP contribution in [0.1, 0.15) is 19.8 Å². The first-order valence-electron chi connectivity index (χ1n) is 6.54. The second-order valence-electron chi connectivity index (χ2n) is 5.41. The van der Waals surface area contributed by atoms with Gasteiger partial charge in [-0.15, -0.1) is 0 Å². The van der Waals surface area contributed by atoms with E-state index in [2.05, 4.69) is 22.5 Å². The van der Waals surface area contributed by atoms with Gasteiger partial charge in [0.1, 0.15) is 11.4 Å². The molecule has 0 radical (unpaired) electrons. The van der Waals surface area contributed by atoms with Gasteiger partial charge in [-0.3, -0.25) is 0 Å². The molecule has 0 bridgehead atoms. The highest BCUT2D eigenvalue weighted by atomic mass is 16.3. The summed E-state index contributed by atoms with van der Waals surface area (Å²) < 4.78 is 5.39. The first-order valence-corrected chi connectivity index (χ1v) is 6.54. The maximum absolute atomic E-state index is 5.39. The van der Waals surface area contributed by atoms with Gasteiger partial charge in [0.2, 0.25) is 0 Å². The molecule has 0 aromatic carbocycles. The summed E-state index contributed by atoms with van der Waals surface area (Å²) in [6.07, 6.45) is 5.92. The van der Waals surface area contributed by atoms with Crippen LogP contribution in [-0.2, 0) is 0 Å². The Bertz CT molecular complexity index is 529. The molecule has 1 aliphatic heterocycles. The zero-order chi connectivity index (χ0) is 12.4. The molecular weight excluding hydrogens is 226 g/mol. The van der Waals surface area contributed by atoms with Gasteiger partial charge >= 0.3 is 0 Å². The maximum atomic E-state index is 5.39. The molecule has 0 amide bonds. The fraction of sp³-hybridized carbons (Fsp3) is 0.500. The van der Waals surface area contributed by atoms with Crippen LogP contribution in [0.5, 0.6) is 0 Å². The summed E-state index contributed by atoms with van der Waals surface area (Å²) in [4.78, 5) is 4.41. The van der Waals surface area contributed by atoms with E-state index < -0.39 is 0 Å². The Labute approximate surface area is 107 Å². The second kappa shape index (κ2) is 4.61. The lowest BCUT2D eigenvalue weighted by Gasteiger charge is -2.34. The number of nitrogens with one attached hydrogen (secondary N) is 2. The van der Waals surface area contributed by atoms with Gasteiger partial charge in [0.05, 0.1) is 11.6 Å². The van der Waals surface area contributed by atoms with Gasteiger partial charge in [-0.2, -0.15) is 0 Å². The minimum atomic E-state index is 0.360. The molecule has 0 aliphatic carbocycles. The Hall–Kier alpha value is -1.55. The van der Waals surface area contributed by atoms with Crippen LogP contribution in [0.3, 0.4) is 0 Å². The molecule has 18 heavy (non-hydrogen) atoms. The zero-order valence-corrected chi connectivity index (χ0v) is 10.7. The van der Waals surface area contributed by atoms with E-state index in [1.54, 1.807) is 12.5 Å². The molecule has 2 aromatic rings. The normalized spacial score (nSPS) is 18.9. The first kappa shape index (κ1) is 11.5. The van der Waals surface area contributed by atoms with Crippen LogP contribution in [0.2, 0.25) is 0 Å². The first-order chi connectivity index (χ1) is 8.77. The molecule has 2 N–H and O–H groups in total. The van der Waals surface area contributed by atoms with Crippen molar-refractivity contribution in [1.82, 2.24) is 10.3 Å². The third kappa shape index (κ3) is 2.20. The molecule has 0 spiro atoms. The average Bonchev–Trinajstić information content (AvgIpc) is 2.86. The highest BCUT2D eigenvalue weighted by Crippen LogP contribution is 2.29.